The second-order valence-electron chi connectivity index (χ2n) is 6.18. The van der Waals surface area contributed by atoms with Crippen LogP contribution < -0.4 is 4.90 Å². The predicted molar refractivity (Wildman–Crippen MR) is 84.1 cm³/mol. The zero-order valence-electron chi connectivity index (χ0n) is 12.6. The molecule has 0 radical (unpaired) electrons. The quantitative estimate of drug-likeness (QED) is 0.629. The van der Waals surface area contributed by atoms with Gasteiger partial charge in [-0.3, -0.25) is 19.8 Å². The topological polar surface area (TPSA) is 66.7 Å². The van der Waals surface area contributed by atoms with Gasteiger partial charge in [-0.25, -0.2) is 0 Å². The number of nitrogens with zero attached hydrogens (tertiary/aromatic N) is 3. The number of ketones is 1. The zero-order valence-corrected chi connectivity index (χ0v) is 12.6. The van der Waals surface area contributed by atoms with Gasteiger partial charge in [-0.15, -0.1) is 0 Å². The van der Waals surface area contributed by atoms with Gasteiger partial charge in [-0.2, -0.15) is 0 Å². The Balaban J connectivity index is 1.58. The van der Waals surface area contributed by atoms with E-state index in [1.54, 1.807) is 12.1 Å². The lowest BCUT2D eigenvalue weighted by atomic mass is 10.1. The lowest BCUT2D eigenvalue weighted by Gasteiger charge is -2.36. The number of carbonyl (C=O) groups is 1. The number of hydrogen-bond donors (Lipinski definition) is 0. The summed E-state index contributed by atoms with van der Waals surface area (Å²) < 4.78 is 0. The number of piperazine rings is 1. The number of para-hydroxylation sites is 2. The van der Waals surface area contributed by atoms with Crippen molar-refractivity contribution in [2.75, 3.05) is 37.6 Å². The molecule has 1 atom stereocenters. The average molecular weight is 303 g/mol. The zero-order chi connectivity index (χ0) is 15.5. The first kappa shape index (κ1) is 15.0. The fourth-order valence-corrected chi connectivity index (χ4v) is 3.47. The fourth-order valence-electron chi connectivity index (χ4n) is 3.47. The van der Waals surface area contributed by atoms with E-state index in [0.29, 0.717) is 17.4 Å². The molecule has 0 N–H and O–H groups in total. The third-order valence-corrected chi connectivity index (χ3v) is 4.66. The molecule has 1 aromatic rings. The molecule has 0 bridgehead atoms. The first-order chi connectivity index (χ1) is 10.6. The minimum atomic E-state index is -0.314. The van der Waals surface area contributed by atoms with E-state index in [0.717, 1.165) is 52.0 Å². The summed E-state index contributed by atoms with van der Waals surface area (Å²) in [5, 5.41) is 11.1. The van der Waals surface area contributed by atoms with Crippen LogP contribution in [-0.4, -0.2) is 48.3 Å². The number of benzene rings is 1. The fraction of sp³-hybridized carbons (Fsp3) is 0.562. The Kier molecular flexibility index (Phi) is 4.38. The highest BCUT2D eigenvalue weighted by atomic mass is 16.6. The highest BCUT2D eigenvalue weighted by Crippen LogP contribution is 2.29. The highest BCUT2D eigenvalue weighted by Gasteiger charge is 2.27. The Bertz CT molecular complexity index is 568. The summed E-state index contributed by atoms with van der Waals surface area (Å²) in [6.07, 6.45) is 2.48. The van der Waals surface area contributed by atoms with Gasteiger partial charge in [0.05, 0.1) is 4.92 Å². The molecular weight excluding hydrogens is 282 g/mol. The average Bonchev–Trinajstić information content (AvgIpc) is 2.93. The molecule has 1 aromatic carbocycles. The Hall–Kier alpha value is -1.95. The summed E-state index contributed by atoms with van der Waals surface area (Å²) in [5.74, 6) is 0.897. The van der Waals surface area contributed by atoms with E-state index in [2.05, 4.69) is 9.80 Å². The molecule has 2 fully saturated rings. The molecule has 6 nitrogen and oxygen atoms in total. The van der Waals surface area contributed by atoms with Crippen LogP contribution in [0, 0.1) is 16.0 Å². The summed E-state index contributed by atoms with van der Waals surface area (Å²) in [6, 6.07) is 6.93. The standard InChI is InChI=1S/C16H21N3O3/c20-14-6-5-13(11-14)12-17-7-9-18(10-8-17)15-3-1-2-4-16(15)19(21)22/h1-4,13H,5-12H2. The maximum atomic E-state index is 11.3. The van der Waals surface area contributed by atoms with Crippen LogP contribution in [-0.2, 0) is 4.79 Å². The molecule has 0 amide bonds. The van der Waals surface area contributed by atoms with Crippen molar-refractivity contribution in [1.29, 1.82) is 0 Å². The Labute approximate surface area is 129 Å². The van der Waals surface area contributed by atoms with Crippen LogP contribution in [0.25, 0.3) is 0 Å². The van der Waals surface area contributed by atoms with E-state index in [-0.39, 0.29) is 10.6 Å². The Morgan fingerprint density at radius 3 is 2.55 bits per heavy atom. The van der Waals surface area contributed by atoms with Crippen molar-refractivity contribution < 1.29 is 9.72 Å². The number of nitro benzene ring substituents is 1. The number of nitro groups is 1. The lowest BCUT2D eigenvalue weighted by Crippen LogP contribution is -2.47. The van der Waals surface area contributed by atoms with E-state index in [9.17, 15) is 14.9 Å². The Morgan fingerprint density at radius 2 is 1.91 bits per heavy atom. The van der Waals surface area contributed by atoms with Gasteiger partial charge in [0.2, 0.25) is 0 Å². The third kappa shape index (κ3) is 3.27. The molecule has 0 spiro atoms. The van der Waals surface area contributed by atoms with E-state index < -0.39 is 0 Å². The van der Waals surface area contributed by atoms with Crippen molar-refractivity contribution >= 4 is 17.2 Å². The number of rotatable bonds is 4. The number of anilines is 1. The van der Waals surface area contributed by atoms with Crippen LogP contribution in [0.4, 0.5) is 11.4 Å². The molecule has 3 rings (SSSR count). The molecule has 1 saturated heterocycles. The largest absolute Gasteiger partial charge is 0.363 e. The SMILES string of the molecule is O=C1CCC(CN2CCN(c3ccccc3[N+](=O)[O-])CC2)C1. The van der Waals surface area contributed by atoms with Gasteiger partial charge in [0.15, 0.2) is 0 Å². The van der Waals surface area contributed by atoms with Crippen LogP contribution in [0.2, 0.25) is 0 Å². The molecule has 1 heterocycles. The smallest absolute Gasteiger partial charge is 0.292 e. The minimum Gasteiger partial charge on any atom is -0.363 e. The molecule has 1 saturated carbocycles. The van der Waals surface area contributed by atoms with Crippen LogP contribution in [0.3, 0.4) is 0 Å². The monoisotopic (exact) mass is 303 g/mol. The van der Waals surface area contributed by atoms with Crippen LogP contribution in [0.5, 0.6) is 0 Å². The van der Waals surface area contributed by atoms with Gasteiger partial charge in [0.25, 0.3) is 5.69 Å². The first-order valence-electron chi connectivity index (χ1n) is 7.86. The summed E-state index contributed by atoms with van der Waals surface area (Å²) >= 11 is 0. The van der Waals surface area contributed by atoms with Gasteiger partial charge in [0.1, 0.15) is 11.5 Å². The van der Waals surface area contributed by atoms with Gasteiger partial charge >= 0.3 is 0 Å². The Morgan fingerprint density at radius 1 is 1.18 bits per heavy atom. The van der Waals surface area contributed by atoms with Crippen molar-refractivity contribution in [1.82, 2.24) is 4.90 Å². The molecule has 0 aromatic heterocycles. The molecular formula is C16H21N3O3. The van der Waals surface area contributed by atoms with E-state index in [1.807, 2.05) is 12.1 Å². The second kappa shape index (κ2) is 6.44. The van der Waals surface area contributed by atoms with Crippen molar-refractivity contribution in [3.8, 4) is 0 Å². The molecule has 118 valence electrons. The second-order valence-corrected chi connectivity index (χ2v) is 6.18. The summed E-state index contributed by atoms with van der Waals surface area (Å²) in [5.41, 5.74) is 0.889. The van der Waals surface area contributed by atoms with Crippen molar-refractivity contribution in [2.45, 2.75) is 19.3 Å². The number of hydrogen-bond acceptors (Lipinski definition) is 5. The van der Waals surface area contributed by atoms with Crippen molar-refractivity contribution in [2.24, 2.45) is 5.92 Å². The molecule has 22 heavy (non-hydrogen) atoms. The predicted octanol–water partition coefficient (Wildman–Crippen LogP) is 2.09. The van der Waals surface area contributed by atoms with Crippen LogP contribution in [0.1, 0.15) is 19.3 Å². The van der Waals surface area contributed by atoms with Gasteiger partial charge < -0.3 is 4.90 Å². The molecule has 1 unspecified atom stereocenters. The van der Waals surface area contributed by atoms with Crippen molar-refractivity contribution in [3.05, 3.63) is 34.4 Å². The normalized spacial score (nSPS) is 23.0. The molecule has 1 aliphatic carbocycles. The number of Topliss-reactive ketones (excluding diaryl/α,β-unsaturated/α-hetero) is 1. The van der Waals surface area contributed by atoms with Crippen LogP contribution >= 0.6 is 0 Å². The number of carbonyl (C=O) groups excluding carboxylic acids is 1. The van der Waals surface area contributed by atoms with Gasteiger partial charge in [-0.05, 0) is 18.4 Å². The molecule has 1 aliphatic heterocycles. The lowest BCUT2D eigenvalue weighted by molar-refractivity contribution is -0.384. The van der Waals surface area contributed by atoms with Crippen molar-refractivity contribution in [3.63, 3.8) is 0 Å². The maximum Gasteiger partial charge on any atom is 0.292 e. The molecule has 6 heteroatoms. The maximum absolute atomic E-state index is 11.3. The highest BCUT2D eigenvalue weighted by molar-refractivity contribution is 5.80. The minimum absolute atomic E-state index is 0.178. The van der Waals surface area contributed by atoms with Gasteiger partial charge in [-0.1, -0.05) is 12.1 Å². The van der Waals surface area contributed by atoms with E-state index in [1.165, 1.54) is 0 Å². The summed E-state index contributed by atoms with van der Waals surface area (Å²) in [7, 11) is 0. The third-order valence-electron chi connectivity index (χ3n) is 4.66. The summed E-state index contributed by atoms with van der Waals surface area (Å²) in [6.45, 7) is 4.38. The summed E-state index contributed by atoms with van der Waals surface area (Å²) in [4.78, 5) is 26.6. The molecule has 2 aliphatic rings. The first-order valence-corrected chi connectivity index (χ1v) is 7.86. The van der Waals surface area contributed by atoms with E-state index in [4.69, 9.17) is 0 Å². The van der Waals surface area contributed by atoms with E-state index >= 15 is 0 Å². The van der Waals surface area contributed by atoms with Gasteiger partial charge in [0, 0.05) is 51.6 Å². The van der Waals surface area contributed by atoms with Crippen LogP contribution in [0.15, 0.2) is 24.3 Å².